The lowest BCUT2D eigenvalue weighted by molar-refractivity contribution is -0.123. The zero-order chi connectivity index (χ0) is 15.2. The normalized spacial score (nSPS) is 22.9. The maximum atomic E-state index is 12.6. The third-order valence-corrected chi connectivity index (χ3v) is 3.80. The Balaban J connectivity index is 1.67. The molecular formula is C17H12N2O3. The number of fused-ring (bicyclic) bond motifs is 2. The van der Waals surface area contributed by atoms with Crippen molar-refractivity contribution >= 4 is 17.3 Å². The van der Waals surface area contributed by atoms with Gasteiger partial charge in [0, 0.05) is 16.8 Å². The first-order valence-electron chi connectivity index (χ1n) is 6.85. The minimum Gasteiger partial charge on any atom is -0.468 e. The smallest absolute Gasteiger partial charge is 0.277 e. The molecule has 0 saturated heterocycles. The molecule has 0 aromatic heterocycles. The number of rotatable bonds is 2. The number of carbonyl (C=O) groups is 1. The number of nitrogens with one attached hydrogen (secondary N) is 1. The highest BCUT2D eigenvalue weighted by atomic mass is 16.5. The lowest BCUT2D eigenvalue weighted by Gasteiger charge is -2.26. The minimum atomic E-state index is -1.17. The Labute approximate surface area is 126 Å². The third-order valence-electron chi connectivity index (χ3n) is 3.80. The van der Waals surface area contributed by atoms with Crippen LogP contribution in [0.1, 0.15) is 5.56 Å². The zero-order valence-electron chi connectivity index (χ0n) is 11.5. The van der Waals surface area contributed by atoms with Crippen LogP contribution in [0, 0.1) is 0 Å². The molecule has 0 bridgehead atoms. The molecule has 1 atom stereocenters. The van der Waals surface area contributed by atoms with Crippen molar-refractivity contribution < 1.29 is 14.7 Å². The number of nitrogens with zero attached hydrogens (tertiary/aromatic N) is 1. The Morgan fingerprint density at radius 2 is 1.82 bits per heavy atom. The average molecular weight is 292 g/mol. The maximum absolute atomic E-state index is 12.6. The Morgan fingerprint density at radius 3 is 2.59 bits per heavy atom. The number of amides is 1. The molecule has 0 fully saturated rings. The second-order valence-corrected chi connectivity index (χ2v) is 5.16. The van der Waals surface area contributed by atoms with Crippen molar-refractivity contribution in [2.75, 3.05) is 5.32 Å². The summed E-state index contributed by atoms with van der Waals surface area (Å²) in [6.07, 6.45) is 1.67. The summed E-state index contributed by atoms with van der Waals surface area (Å²) in [6, 6.07) is 16.3. The molecule has 1 heterocycles. The maximum Gasteiger partial charge on any atom is 0.277 e. The SMILES string of the molecule is O=C(Nc1ccccc1)C12C=C1/C(=N\O)c1ccccc1O2. The molecule has 5 heteroatoms. The summed E-state index contributed by atoms with van der Waals surface area (Å²) in [6.45, 7) is 0. The fourth-order valence-electron chi connectivity index (χ4n) is 2.65. The summed E-state index contributed by atoms with van der Waals surface area (Å²) in [5.74, 6) is 0.223. The fraction of sp³-hybridized carbons (Fsp3) is 0.0588. The van der Waals surface area contributed by atoms with Crippen LogP contribution in [0.25, 0.3) is 0 Å². The summed E-state index contributed by atoms with van der Waals surface area (Å²) in [5, 5.41) is 15.4. The highest BCUT2D eigenvalue weighted by molar-refractivity contribution is 6.27. The van der Waals surface area contributed by atoms with Gasteiger partial charge in [-0.3, -0.25) is 4.79 Å². The van der Waals surface area contributed by atoms with E-state index < -0.39 is 5.60 Å². The molecule has 4 rings (SSSR count). The van der Waals surface area contributed by atoms with Crippen LogP contribution in [0.3, 0.4) is 0 Å². The van der Waals surface area contributed by atoms with Crippen LogP contribution in [0.2, 0.25) is 0 Å². The first kappa shape index (κ1) is 12.6. The van der Waals surface area contributed by atoms with Gasteiger partial charge in [-0.1, -0.05) is 35.5 Å². The molecule has 1 amide bonds. The molecule has 2 N–H and O–H groups in total. The minimum absolute atomic E-state index is 0.302. The Bertz CT molecular complexity index is 827. The summed E-state index contributed by atoms with van der Waals surface area (Å²) >= 11 is 0. The van der Waals surface area contributed by atoms with Crippen molar-refractivity contribution in [1.82, 2.24) is 0 Å². The molecule has 1 unspecified atom stereocenters. The van der Waals surface area contributed by atoms with Gasteiger partial charge in [-0.2, -0.15) is 0 Å². The van der Waals surface area contributed by atoms with Gasteiger partial charge < -0.3 is 15.3 Å². The number of ether oxygens (including phenoxy) is 1. The van der Waals surface area contributed by atoms with Gasteiger partial charge in [0.1, 0.15) is 11.5 Å². The molecule has 0 spiro atoms. The van der Waals surface area contributed by atoms with E-state index in [1.165, 1.54) is 0 Å². The summed E-state index contributed by atoms with van der Waals surface area (Å²) in [4.78, 5) is 12.6. The van der Waals surface area contributed by atoms with Gasteiger partial charge in [0.15, 0.2) is 0 Å². The van der Waals surface area contributed by atoms with Crippen molar-refractivity contribution in [2.24, 2.45) is 5.16 Å². The molecule has 108 valence electrons. The number of anilines is 1. The van der Waals surface area contributed by atoms with Crippen LogP contribution in [-0.4, -0.2) is 22.4 Å². The van der Waals surface area contributed by atoms with E-state index in [1.54, 1.807) is 30.3 Å². The molecule has 2 aromatic carbocycles. The summed E-state index contributed by atoms with van der Waals surface area (Å²) in [7, 11) is 0. The summed E-state index contributed by atoms with van der Waals surface area (Å²) < 4.78 is 5.86. The molecule has 5 nitrogen and oxygen atoms in total. The molecule has 22 heavy (non-hydrogen) atoms. The monoisotopic (exact) mass is 292 g/mol. The van der Waals surface area contributed by atoms with Gasteiger partial charge in [0.05, 0.1) is 0 Å². The highest BCUT2D eigenvalue weighted by Gasteiger charge is 2.59. The molecular weight excluding hydrogens is 280 g/mol. The molecule has 1 aliphatic carbocycles. The van der Waals surface area contributed by atoms with E-state index in [2.05, 4.69) is 10.5 Å². The van der Waals surface area contributed by atoms with Gasteiger partial charge in [-0.15, -0.1) is 0 Å². The van der Waals surface area contributed by atoms with Gasteiger partial charge in [-0.25, -0.2) is 0 Å². The molecule has 2 aliphatic rings. The topological polar surface area (TPSA) is 70.9 Å². The number of para-hydroxylation sites is 2. The second-order valence-electron chi connectivity index (χ2n) is 5.16. The summed E-state index contributed by atoms with van der Waals surface area (Å²) in [5.41, 5.74) is 1.15. The van der Waals surface area contributed by atoms with Crippen LogP contribution in [0.4, 0.5) is 5.69 Å². The van der Waals surface area contributed by atoms with Crippen LogP contribution in [-0.2, 0) is 4.79 Å². The zero-order valence-corrected chi connectivity index (χ0v) is 11.5. The molecule has 0 saturated carbocycles. The van der Waals surface area contributed by atoms with Gasteiger partial charge >= 0.3 is 0 Å². The van der Waals surface area contributed by atoms with Crippen LogP contribution < -0.4 is 10.1 Å². The lowest BCUT2D eigenvalue weighted by atomic mass is 9.99. The Morgan fingerprint density at radius 1 is 1.09 bits per heavy atom. The fourth-order valence-corrected chi connectivity index (χ4v) is 2.65. The van der Waals surface area contributed by atoms with E-state index in [0.29, 0.717) is 28.3 Å². The molecule has 0 radical (unpaired) electrons. The van der Waals surface area contributed by atoms with E-state index >= 15 is 0 Å². The van der Waals surface area contributed by atoms with Crippen molar-refractivity contribution in [2.45, 2.75) is 5.60 Å². The quantitative estimate of drug-likeness (QED) is 0.660. The first-order chi connectivity index (χ1) is 10.7. The van der Waals surface area contributed by atoms with E-state index in [1.807, 2.05) is 30.3 Å². The number of benzene rings is 2. The van der Waals surface area contributed by atoms with Gasteiger partial charge in [0.2, 0.25) is 5.60 Å². The van der Waals surface area contributed by atoms with E-state index in [9.17, 15) is 10.0 Å². The third kappa shape index (κ3) is 1.72. The Kier molecular flexibility index (Phi) is 2.56. The van der Waals surface area contributed by atoms with E-state index in [4.69, 9.17) is 4.74 Å². The largest absolute Gasteiger partial charge is 0.468 e. The van der Waals surface area contributed by atoms with Gasteiger partial charge in [-0.05, 0) is 30.3 Å². The first-order valence-corrected chi connectivity index (χ1v) is 6.85. The number of carbonyl (C=O) groups excluding carboxylic acids is 1. The standard InChI is InChI=1S/C17H12N2O3/c20-16(18-11-6-2-1-3-7-11)17-10-13(17)15(19-21)12-8-4-5-9-14(12)22-17/h1-10,21H,(H,18,20)/b19-15-. The lowest BCUT2D eigenvalue weighted by Crippen LogP contribution is -2.42. The van der Waals surface area contributed by atoms with Crippen molar-refractivity contribution in [3.8, 4) is 5.75 Å². The van der Waals surface area contributed by atoms with Gasteiger partial charge in [0.25, 0.3) is 5.91 Å². The predicted molar refractivity (Wildman–Crippen MR) is 81.3 cm³/mol. The highest BCUT2D eigenvalue weighted by Crippen LogP contribution is 2.48. The number of oxime groups is 1. The van der Waals surface area contributed by atoms with Crippen LogP contribution >= 0.6 is 0 Å². The molecule has 1 aliphatic heterocycles. The van der Waals surface area contributed by atoms with Crippen LogP contribution in [0.15, 0.2) is 71.4 Å². The van der Waals surface area contributed by atoms with E-state index in [-0.39, 0.29) is 5.91 Å². The van der Waals surface area contributed by atoms with Crippen molar-refractivity contribution in [3.05, 3.63) is 71.8 Å². The second kappa shape index (κ2) is 4.46. The van der Waals surface area contributed by atoms with Crippen molar-refractivity contribution in [1.29, 1.82) is 0 Å². The molecule has 2 aromatic rings. The number of hydrogen-bond acceptors (Lipinski definition) is 4. The van der Waals surface area contributed by atoms with Crippen molar-refractivity contribution in [3.63, 3.8) is 0 Å². The Hall–Kier alpha value is -3.08. The number of hydrogen-bond donors (Lipinski definition) is 2. The average Bonchev–Trinajstić information content (AvgIpc) is 3.29. The van der Waals surface area contributed by atoms with Crippen LogP contribution in [0.5, 0.6) is 5.75 Å². The predicted octanol–water partition coefficient (Wildman–Crippen LogP) is 2.57. The van der Waals surface area contributed by atoms with E-state index in [0.717, 1.165) is 0 Å².